The summed E-state index contributed by atoms with van der Waals surface area (Å²) < 4.78 is 0. The molecule has 1 unspecified atom stereocenters. The summed E-state index contributed by atoms with van der Waals surface area (Å²) in [4.78, 5) is 0. The zero-order valence-electron chi connectivity index (χ0n) is 8.47. The first-order chi connectivity index (χ1) is 6.72. The van der Waals surface area contributed by atoms with Crippen LogP contribution < -0.4 is 0 Å². The monoisotopic (exact) mass is 230 g/mol. The Morgan fingerprint density at radius 2 is 1.86 bits per heavy atom. The SMILES string of the molecule is CCCCC(Cl)Cc1ccc(Cl)cc1. The van der Waals surface area contributed by atoms with Gasteiger partial charge in [-0.05, 0) is 30.5 Å². The zero-order valence-corrected chi connectivity index (χ0v) is 9.98. The van der Waals surface area contributed by atoms with Crippen molar-refractivity contribution >= 4 is 23.2 Å². The Bertz CT molecular complexity index is 254. The van der Waals surface area contributed by atoms with Gasteiger partial charge in [-0.25, -0.2) is 0 Å². The first kappa shape index (κ1) is 11.9. The second-order valence-electron chi connectivity index (χ2n) is 3.57. The van der Waals surface area contributed by atoms with E-state index in [1.54, 1.807) is 0 Å². The molecule has 0 aliphatic rings. The van der Waals surface area contributed by atoms with E-state index in [9.17, 15) is 0 Å². The average Bonchev–Trinajstić information content (AvgIpc) is 2.18. The number of halogens is 2. The molecule has 1 aromatic rings. The van der Waals surface area contributed by atoms with E-state index in [1.165, 1.54) is 18.4 Å². The highest BCUT2D eigenvalue weighted by Crippen LogP contribution is 2.16. The molecule has 2 heteroatoms. The maximum Gasteiger partial charge on any atom is 0.0406 e. The van der Waals surface area contributed by atoms with E-state index >= 15 is 0 Å². The van der Waals surface area contributed by atoms with Crippen LogP contribution >= 0.6 is 23.2 Å². The Balaban J connectivity index is 2.39. The number of rotatable bonds is 5. The number of alkyl halides is 1. The van der Waals surface area contributed by atoms with Crippen LogP contribution in [0.4, 0.5) is 0 Å². The molecule has 0 aromatic heterocycles. The zero-order chi connectivity index (χ0) is 10.4. The van der Waals surface area contributed by atoms with Crippen LogP contribution in [0.25, 0.3) is 0 Å². The van der Waals surface area contributed by atoms with Crippen molar-refractivity contribution in [2.45, 2.75) is 38.0 Å². The fraction of sp³-hybridized carbons (Fsp3) is 0.500. The van der Waals surface area contributed by atoms with Crippen molar-refractivity contribution in [1.29, 1.82) is 0 Å². The van der Waals surface area contributed by atoms with E-state index in [2.05, 4.69) is 6.92 Å². The lowest BCUT2D eigenvalue weighted by Crippen LogP contribution is -2.02. The molecule has 0 radical (unpaired) electrons. The fourth-order valence-corrected chi connectivity index (χ4v) is 1.86. The van der Waals surface area contributed by atoms with Gasteiger partial charge in [0.1, 0.15) is 0 Å². The van der Waals surface area contributed by atoms with E-state index in [1.807, 2.05) is 24.3 Å². The van der Waals surface area contributed by atoms with Gasteiger partial charge in [0, 0.05) is 10.4 Å². The maximum absolute atomic E-state index is 6.20. The molecule has 1 rings (SSSR count). The average molecular weight is 231 g/mol. The van der Waals surface area contributed by atoms with Gasteiger partial charge < -0.3 is 0 Å². The largest absolute Gasteiger partial charge is 0.123 e. The fourth-order valence-electron chi connectivity index (χ4n) is 1.40. The molecule has 0 spiro atoms. The minimum Gasteiger partial charge on any atom is -0.123 e. The molecule has 0 aliphatic heterocycles. The summed E-state index contributed by atoms with van der Waals surface area (Å²) in [5, 5.41) is 1.05. The minimum absolute atomic E-state index is 0.260. The van der Waals surface area contributed by atoms with E-state index < -0.39 is 0 Å². The Hall–Kier alpha value is -0.200. The molecule has 0 saturated heterocycles. The molecule has 14 heavy (non-hydrogen) atoms. The van der Waals surface area contributed by atoms with Crippen LogP contribution in [0.1, 0.15) is 31.7 Å². The van der Waals surface area contributed by atoms with Gasteiger partial charge in [-0.1, -0.05) is 43.5 Å². The number of unbranched alkanes of at least 4 members (excludes halogenated alkanes) is 1. The van der Waals surface area contributed by atoms with Crippen molar-refractivity contribution in [2.24, 2.45) is 0 Å². The Kier molecular flexibility index (Phi) is 5.36. The van der Waals surface area contributed by atoms with Gasteiger partial charge in [0.15, 0.2) is 0 Å². The highest BCUT2D eigenvalue weighted by molar-refractivity contribution is 6.30. The lowest BCUT2D eigenvalue weighted by Gasteiger charge is -2.08. The minimum atomic E-state index is 0.260. The molecular weight excluding hydrogens is 215 g/mol. The van der Waals surface area contributed by atoms with Gasteiger partial charge in [0.2, 0.25) is 0 Å². The Morgan fingerprint density at radius 1 is 1.21 bits per heavy atom. The first-order valence-corrected chi connectivity index (χ1v) is 5.92. The summed E-state index contributed by atoms with van der Waals surface area (Å²) in [6, 6.07) is 7.92. The summed E-state index contributed by atoms with van der Waals surface area (Å²) in [5.74, 6) is 0. The van der Waals surface area contributed by atoms with Crippen LogP contribution in [0, 0.1) is 0 Å². The molecule has 0 fully saturated rings. The third-order valence-electron chi connectivity index (χ3n) is 2.24. The van der Waals surface area contributed by atoms with E-state index in [4.69, 9.17) is 23.2 Å². The number of hydrogen-bond acceptors (Lipinski definition) is 0. The van der Waals surface area contributed by atoms with E-state index in [0.717, 1.165) is 17.9 Å². The lowest BCUT2D eigenvalue weighted by atomic mass is 10.1. The van der Waals surface area contributed by atoms with Crippen molar-refractivity contribution in [2.75, 3.05) is 0 Å². The molecular formula is C12H16Cl2. The van der Waals surface area contributed by atoms with Crippen LogP contribution in [0.3, 0.4) is 0 Å². The van der Waals surface area contributed by atoms with Gasteiger partial charge >= 0.3 is 0 Å². The molecule has 0 nitrogen and oxygen atoms in total. The molecule has 0 heterocycles. The van der Waals surface area contributed by atoms with Crippen molar-refractivity contribution in [1.82, 2.24) is 0 Å². The van der Waals surface area contributed by atoms with Gasteiger partial charge in [0.25, 0.3) is 0 Å². The van der Waals surface area contributed by atoms with Gasteiger partial charge in [0.05, 0.1) is 0 Å². The summed E-state index contributed by atoms with van der Waals surface area (Å²) in [5.41, 5.74) is 1.27. The third kappa shape index (κ3) is 4.34. The van der Waals surface area contributed by atoms with Gasteiger partial charge in [-0.3, -0.25) is 0 Å². The van der Waals surface area contributed by atoms with Crippen molar-refractivity contribution in [3.63, 3.8) is 0 Å². The van der Waals surface area contributed by atoms with Crippen molar-refractivity contribution < 1.29 is 0 Å². The quantitative estimate of drug-likeness (QED) is 0.645. The molecule has 1 atom stereocenters. The standard InChI is InChI=1S/C12H16Cl2/c1-2-3-4-12(14)9-10-5-7-11(13)8-6-10/h5-8,12H,2-4,9H2,1H3. The summed E-state index contributed by atoms with van der Waals surface area (Å²) >= 11 is 12.0. The first-order valence-electron chi connectivity index (χ1n) is 5.11. The van der Waals surface area contributed by atoms with Crippen LogP contribution in [-0.4, -0.2) is 5.38 Å². The number of hydrogen-bond donors (Lipinski definition) is 0. The Morgan fingerprint density at radius 3 is 2.43 bits per heavy atom. The molecule has 78 valence electrons. The molecule has 0 amide bonds. The summed E-state index contributed by atoms with van der Waals surface area (Å²) in [6.07, 6.45) is 4.46. The van der Waals surface area contributed by atoms with Crippen LogP contribution in [-0.2, 0) is 6.42 Å². The molecule has 0 N–H and O–H groups in total. The van der Waals surface area contributed by atoms with Crippen LogP contribution in [0.2, 0.25) is 5.02 Å². The van der Waals surface area contributed by atoms with Crippen molar-refractivity contribution in [3.8, 4) is 0 Å². The number of benzene rings is 1. The van der Waals surface area contributed by atoms with E-state index in [0.29, 0.717) is 0 Å². The molecule has 1 aromatic carbocycles. The molecule has 0 aliphatic carbocycles. The predicted octanol–water partition coefficient (Wildman–Crippen LogP) is 4.68. The topological polar surface area (TPSA) is 0 Å². The molecule has 0 saturated carbocycles. The van der Waals surface area contributed by atoms with Crippen LogP contribution in [0.5, 0.6) is 0 Å². The second kappa shape index (κ2) is 6.31. The predicted molar refractivity (Wildman–Crippen MR) is 64.3 cm³/mol. The summed E-state index contributed by atoms with van der Waals surface area (Å²) in [7, 11) is 0. The maximum atomic E-state index is 6.20. The molecule has 0 bridgehead atoms. The van der Waals surface area contributed by atoms with Gasteiger partial charge in [-0.15, -0.1) is 11.6 Å². The summed E-state index contributed by atoms with van der Waals surface area (Å²) in [6.45, 7) is 2.19. The Labute approximate surface area is 96.2 Å². The van der Waals surface area contributed by atoms with E-state index in [-0.39, 0.29) is 5.38 Å². The highest BCUT2D eigenvalue weighted by Gasteiger charge is 2.04. The van der Waals surface area contributed by atoms with Crippen molar-refractivity contribution in [3.05, 3.63) is 34.9 Å². The smallest absolute Gasteiger partial charge is 0.0406 e. The lowest BCUT2D eigenvalue weighted by molar-refractivity contribution is 0.674. The normalized spacial score (nSPS) is 12.8. The second-order valence-corrected chi connectivity index (χ2v) is 4.62. The highest BCUT2D eigenvalue weighted by atomic mass is 35.5. The third-order valence-corrected chi connectivity index (χ3v) is 2.87. The van der Waals surface area contributed by atoms with Gasteiger partial charge in [-0.2, -0.15) is 0 Å². The van der Waals surface area contributed by atoms with Crippen LogP contribution in [0.15, 0.2) is 24.3 Å².